The van der Waals surface area contributed by atoms with E-state index in [0.29, 0.717) is 12.1 Å². The molecule has 70 valence electrons. The molecule has 0 fully saturated rings. The molecule has 3 heteroatoms. The molecule has 0 heterocycles. The number of carbonyl (C=O) groups is 1. The highest BCUT2D eigenvalue weighted by Gasteiger charge is 2.05. The predicted octanol–water partition coefficient (Wildman–Crippen LogP) is 1.41. The molecule has 3 N–H and O–H groups in total. The molecule has 0 aliphatic heterocycles. The van der Waals surface area contributed by atoms with Crippen LogP contribution in [0.1, 0.15) is 28.4 Å². The Bertz CT molecular complexity index is 321. The van der Waals surface area contributed by atoms with Gasteiger partial charge in [-0.25, -0.2) is 4.79 Å². The Morgan fingerprint density at radius 3 is 2.62 bits per heavy atom. The molecule has 0 bridgehead atoms. The maximum atomic E-state index is 10.6. The zero-order chi connectivity index (χ0) is 9.84. The van der Waals surface area contributed by atoms with Crippen LogP contribution in [0.3, 0.4) is 0 Å². The first-order valence-electron chi connectivity index (χ1n) is 4.24. The molecule has 0 aliphatic carbocycles. The second-order valence-corrected chi connectivity index (χ2v) is 2.85. The number of aryl methyl sites for hydroxylation is 1. The van der Waals surface area contributed by atoms with Crippen molar-refractivity contribution in [1.29, 1.82) is 0 Å². The van der Waals surface area contributed by atoms with E-state index in [4.69, 9.17) is 10.8 Å². The molecule has 0 atom stereocenters. The van der Waals surface area contributed by atoms with Gasteiger partial charge in [-0.1, -0.05) is 13.0 Å². The highest BCUT2D eigenvalue weighted by atomic mass is 16.4. The Hall–Kier alpha value is -1.35. The molecule has 0 radical (unpaired) electrons. The van der Waals surface area contributed by atoms with E-state index in [2.05, 4.69) is 0 Å². The molecule has 0 unspecified atom stereocenters. The average Bonchev–Trinajstić information content (AvgIpc) is 2.16. The molecule has 13 heavy (non-hydrogen) atoms. The van der Waals surface area contributed by atoms with Crippen molar-refractivity contribution in [2.75, 3.05) is 0 Å². The van der Waals surface area contributed by atoms with Gasteiger partial charge >= 0.3 is 5.97 Å². The highest BCUT2D eigenvalue weighted by molar-refractivity contribution is 5.87. The summed E-state index contributed by atoms with van der Waals surface area (Å²) in [7, 11) is 0. The van der Waals surface area contributed by atoms with Crippen LogP contribution in [0, 0.1) is 0 Å². The third-order valence-electron chi connectivity index (χ3n) is 2.05. The van der Waals surface area contributed by atoms with Crippen molar-refractivity contribution >= 4 is 5.97 Å². The number of carboxylic acid groups (broad SMARTS) is 1. The van der Waals surface area contributed by atoms with Gasteiger partial charge < -0.3 is 10.8 Å². The Kier molecular flexibility index (Phi) is 3.03. The topological polar surface area (TPSA) is 63.3 Å². The van der Waals surface area contributed by atoms with Crippen molar-refractivity contribution in [3.05, 3.63) is 34.9 Å². The fourth-order valence-corrected chi connectivity index (χ4v) is 1.29. The summed E-state index contributed by atoms with van der Waals surface area (Å²) in [6.45, 7) is 2.45. The van der Waals surface area contributed by atoms with Gasteiger partial charge in [0.25, 0.3) is 0 Å². The largest absolute Gasteiger partial charge is 0.478 e. The van der Waals surface area contributed by atoms with Crippen molar-refractivity contribution in [2.24, 2.45) is 5.73 Å². The molecule has 1 aromatic carbocycles. The van der Waals surface area contributed by atoms with Crippen LogP contribution >= 0.6 is 0 Å². The second-order valence-electron chi connectivity index (χ2n) is 2.85. The van der Waals surface area contributed by atoms with Gasteiger partial charge in [0.1, 0.15) is 0 Å². The molecular weight excluding hydrogens is 166 g/mol. The highest BCUT2D eigenvalue weighted by Crippen LogP contribution is 2.12. The Morgan fingerprint density at radius 2 is 2.15 bits per heavy atom. The van der Waals surface area contributed by atoms with Crippen molar-refractivity contribution in [2.45, 2.75) is 19.9 Å². The Labute approximate surface area is 77.2 Å². The number of nitrogens with two attached hydrogens (primary N) is 1. The lowest BCUT2D eigenvalue weighted by molar-refractivity contribution is 0.0697. The number of hydrogen-bond donors (Lipinski definition) is 2. The minimum atomic E-state index is -0.890. The van der Waals surface area contributed by atoms with Crippen molar-refractivity contribution in [1.82, 2.24) is 0 Å². The number of rotatable bonds is 3. The molecule has 3 nitrogen and oxygen atoms in total. The van der Waals surface area contributed by atoms with Crippen LogP contribution in [-0.4, -0.2) is 11.1 Å². The molecule has 0 aromatic heterocycles. The molecule has 0 amide bonds. The minimum absolute atomic E-state index is 0.328. The van der Waals surface area contributed by atoms with E-state index in [9.17, 15) is 4.79 Å². The van der Waals surface area contributed by atoms with E-state index in [1.807, 2.05) is 6.92 Å². The van der Waals surface area contributed by atoms with Crippen LogP contribution in [0.15, 0.2) is 18.2 Å². The SMILES string of the molecule is CCc1cc(C(=O)O)ccc1CN. The Morgan fingerprint density at radius 1 is 1.46 bits per heavy atom. The molecule has 0 saturated heterocycles. The second kappa shape index (κ2) is 4.05. The summed E-state index contributed by atoms with van der Waals surface area (Å²) < 4.78 is 0. The van der Waals surface area contributed by atoms with Gasteiger partial charge in [0.2, 0.25) is 0 Å². The normalized spacial score (nSPS) is 10.0. The fraction of sp³-hybridized carbons (Fsp3) is 0.300. The first-order chi connectivity index (χ1) is 6.19. The summed E-state index contributed by atoms with van der Waals surface area (Å²) in [5.74, 6) is -0.890. The van der Waals surface area contributed by atoms with Crippen molar-refractivity contribution in [3.8, 4) is 0 Å². The van der Waals surface area contributed by atoms with Gasteiger partial charge in [-0.15, -0.1) is 0 Å². The summed E-state index contributed by atoms with van der Waals surface area (Å²) in [5, 5.41) is 8.74. The molecule has 0 spiro atoms. The van der Waals surface area contributed by atoms with Gasteiger partial charge in [0, 0.05) is 6.54 Å². The molecule has 1 rings (SSSR count). The summed E-state index contributed by atoms with van der Waals surface area (Å²) >= 11 is 0. The van der Waals surface area contributed by atoms with Crippen LogP contribution < -0.4 is 5.73 Å². The van der Waals surface area contributed by atoms with E-state index in [0.717, 1.165) is 17.5 Å². The maximum Gasteiger partial charge on any atom is 0.335 e. The van der Waals surface area contributed by atoms with Crippen LogP contribution in [0.4, 0.5) is 0 Å². The first-order valence-corrected chi connectivity index (χ1v) is 4.24. The number of benzene rings is 1. The van der Waals surface area contributed by atoms with Gasteiger partial charge in [0.05, 0.1) is 5.56 Å². The quantitative estimate of drug-likeness (QED) is 0.737. The van der Waals surface area contributed by atoms with E-state index in [-0.39, 0.29) is 0 Å². The van der Waals surface area contributed by atoms with E-state index in [1.165, 1.54) is 0 Å². The lowest BCUT2D eigenvalue weighted by atomic mass is 10.0. The standard InChI is InChI=1S/C10H13NO2/c1-2-7-5-8(10(12)13)3-4-9(7)6-11/h3-5H,2,6,11H2,1H3,(H,12,13). The summed E-state index contributed by atoms with van der Waals surface area (Å²) in [6, 6.07) is 5.05. The van der Waals surface area contributed by atoms with Crippen LogP contribution in [0.5, 0.6) is 0 Å². The molecular formula is C10H13NO2. The van der Waals surface area contributed by atoms with Gasteiger partial charge in [0.15, 0.2) is 0 Å². The lowest BCUT2D eigenvalue weighted by Crippen LogP contribution is -2.04. The van der Waals surface area contributed by atoms with Crippen molar-refractivity contribution < 1.29 is 9.90 Å². The number of hydrogen-bond acceptors (Lipinski definition) is 2. The van der Waals surface area contributed by atoms with Gasteiger partial charge in [-0.3, -0.25) is 0 Å². The van der Waals surface area contributed by atoms with Crippen molar-refractivity contribution in [3.63, 3.8) is 0 Å². The fourth-order valence-electron chi connectivity index (χ4n) is 1.29. The zero-order valence-corrected chi connectivity index (χ0v) is 7.58. The molecule has 0 saturated carbocycles. The van der Waals surface area contributed by atoms with Gasteiger partial charge in [-0.2, -0.15) is 0 Å². The monoisotopic (exact) mass is 179 g/mol. The molecule has 0 aliphatic rings. The number of carboxylic acids is 1. The lowest BCUT2D eigenvalue weighted by Gasteiger charge is -2.05. The smallest absolute Gasteiger partial charge is 0.335 e. The summed E-state index contributed by atoms with van der Waals surface area (Å²) in [5.41, 5.74) is 7.87. The minimum Gasteiger partial charge on any atom is -0.478 e. The van der Waals surface area contributed by atoms with E-state index >= 15 is 0 Å². The average molecular weight is 179 g/mol. The summed E-state index contributed by atoms with van der Waals surface area (Å²) in [4.78, 5) is 10.6. The summed E-state index contributed by atoms with van der Waals surface area (Å²) in [6.07, 6.45) is 0.813. The first kappa shape index (κ1) is 9.74. The van der Waals surface area contributed by atoms with Gasteiger partial charge in [-0.05, 0) is 29.7 Å². The molecule has 1 aromatic rings. The van der Waals surface area contributed by atoms with E-state index in [1.54, 1.807) is 18.2 Å². The zero-order valence-electron chi connectivity index (χ0n) is 7.58. The maximum absolute atomic E-state index is 10.6. The number of aromatic carboxylic acids is 1. The Balaban J connectivity index is 3.13. The van der Waals surface area contributed by atoms with Crippen LogP contribution in [0.2, 0.25) is 0 Å². The van der Waals surface area contributed by atoms with Crippen LogP contribution in [0.25, 0.3) is 0 Å². The van der Waals surface area contributed by atoms with E-state index < -0.39 is 5.97 Å². The predicted molar refractivity (Wildman–Crippen MR) is 50.7 cm³/mol. The van der Waals surface area contributed by atoms with Crippen LogP contribution in [-0.2, 0) is 13.0 Å². The third kappa shape index (κ3) is 2.06. The third-order valence-corrected chi connectivity index (χ3v) is 2.05.